The number of benzene rings is 2. The SMILES string of the molecule is Cc1cccc(NS(=O)(=O)c2cccc(C(=O)N3CCO[C@@H]4CCC[C@H]43)c2)c1. The number of fused-ring (bicyclic) bond motifs is 1. The van der Waals surface area contributed by atoms with Crippen molar-refractivity contribution in [3.63, 3.8) is 0 Å². The van der Waals surface area contributed by atoms with Gasteiger partial charge in [-0.2, -0.15) is 0 Å². The largest absolute Gasteiger partial charge is 0.374 e. The summed E-state index contributed by atoms with van der Waals surface area (Å²) < 4.78 is 33.9. The van der Waals surface area contributed by atoms with Gasteiger partial charge in [0.25, 0.3) is 15.9 Å². The number of hydrogen-bond acceptors (Lipinski definition) is 4. The molecule has 148 valence electrons. The highest BCUT2D eigenvalue weighted by molar-refractivity contribution is 7.92. The van der Waals surface area contributed by atoms with Crippen LogP contribution in [-0.2, 0) is 14.8 Å². The molecule has 1 amide bonds. The summed E-state index contributed by atoms with van der Waals surface area (Å²) in [5.41, 5.74) is 1.85. The summed E-state index contributed by atoms with van der Waals surface area (Å²) >= 11 is 0. The number of carbonyl (C=O) groups excluding carboxylic acids is 1. The molecule has 0 bridgehead atoms. The fourth-order valence-electron chi connectivity index (χ4n) is 4.06. The number of rotatable bonds is 4. The quantitative estimate of drug-likeness (QED) is 0.855. The topological polar surface area (TPSA) is 75.7 Å². The van der Waals surface area contributed by atoms with Crippen molar-refractivity contribution in [2.45, 2.75) is 43.2 Å². The predicted molar refractivity (Wildman–Crippen MR) is 107 cm³/mol. The van der Waals surface area contributed by atoms with Gasteiger partial charge in [0.1, 0.15) is 0 Å². The fourth-order valence-corrected chi connectivity index (χ4v) is 5.16. The van der Waals surface area contributed by atoms with E-state index in [9.17, 15) is 13.2 Å². The van der Waals surface area contributed by atoms with Gasteiger partial charge in [-0.1, -0.05) is 18.2 Å². The molecular weight excluding hydrogens is 376 g/mol. The number of morpholine rings is 1. The molecule has 2 atom stereocenters. The van der Waals surface area contributed by atoms with Crippen molar-refractivity contribution in [3.8, 4) is 0 Å². The maximum Gasteiger partial charge on any atom is 0.261 e. The van der Waals surface area contributed by atoms with Gasteiger partial charge in [-0.3, -0.25) is 9.52 Å². The fraction of sp³-hybridized carbons (Fsp3) is 0.381. The highest BCUT2D eigenvalue weighted by Gasteiger charge is 2.38. The zero-order valence-electron chi connectivity index (χ0n) is 15.8. The van der Waals surface area contributed by atoms with E-state index in [1.54, 1.807) is 30.3 Å². The van der Waals surface area contributed by atoms with Crippen LogP contribution in [0.5, 0.6) is 0 Å². The molecule has 2 fully saturated rings. The van der Waals surface area contributed by atoms with Crippen molar-refractivity contribution < 1.29 is 17.9 Å². The van der Waals surface area contributed by atoms with E-state index < -0.39 is 10.0 Å². The van der Waals surface area contributed by atoms with Crippen LogP contribution in [0, 0.1) is 6.92 Å². The minimum absolute atomic E-state index is 0.0797. The predicted octanol–water partition coefficient (Wildman–Crippen LogP) is 3.19. The number of nitrogens with one attached hydrogen (secondary N) is 1. The highest BCUT2D eigenvalue weighted by Crippen LogP contribution is 2.31. The molecule has 4 rings (SSSR count). The van der Waals surface area contributed by atoms with Gasteiger partial charge in [0.15, 0.2) is 0 Å². The lowest BCUT2D eigenvalue weighted by Crippen LogP contribution is -2.51. The zero-order chi connectivity index (χ0) is 19.7. The third kappa shape index (κ3) is 3.77. The maximum absolute atomic E-state index is 13.1. The van der Waals surface area contributed by atoms with Crippen molar-refractivity contribution in [2.24, 2.45) is 0 Å². The third-order valence-electron chi connectivity index (χ3n) is 5.40. The van der Waals surface area contributed by atoms with Gasteiger partial charge in [-0.05, 0) is 62.1 Å². The normalized spacial score (nSPS) is 22.0. The van der Waals surface area contributed by atoms with E-state index >= 15 is 0 Å². The third-order valence-corrected chi connectivity index (χ3v) is 6.78. The Morgan fingerprint density at radius 2 is 1.96 bits per heavy atom. The maximum atomic E-state index is 13.1. The molecule has 0 spiro atoms. The van der Waals surface area contributed by atoms with E-state index in [0.29, 0.717) is 24.4 Å². The molecule has 6 nitrogen and oxygen atoms in total. The Balaban J connectivity index is 1.57. The molecule has 0 aromatic heterocycles. The second kappa shape index (κ2) is 7.56. The first kappa shape index (κ1) is 19.0. The smallest absolute Gasteiger partial charge is 0.261 e. The van der Waals surface area contributed by atoms with Gasteiger partial charge in [0.05, 0.1) is 23.6 Å². The molecule has 2 aliphatic rings. The van der Waals surface area contributed by atoms with Crippen LogP contribution >= 0.6 is 0 Å². The molecule has 2 aromatic rings. The lowest BCUT2D eigenvalue weighted by molar-refractivity contribution is -0.0445. The monoisotopic (exact) mass is 400 g/mol. The van der Waals surface area contributed by atoms with E-state index in [0.717, 1.165) is 24.8 Å². The first-order valence-electron chi connectivity index (χ1n) is 9.56. The van der Waals surface area contributed by atoms with Gasteiger partial charge >= 0.3 is 0 Å². The van der Waals surface area contributed by atoms with Crippen LogP contribution in [0.4, 0.5) is 5.69 Å². The first-order valence-corrected chi connectivity index (χ1v) is 11.0. The Morgan fingerprint density at radius 1 is 1.14 bits per heavy atom. The summed E-state index contributed by atoms with van der Waals surface area (Å²) in [5, 5.41) is 0. The van der Waals surface area contributed by atoms with Gasteiger partial charge in [0, 0.05) is 17.8 Å². The number of sulfonamides is 1. The Hall–Kier alpha value is -2.38. The second-order valence-corrected chi connectivity index (χ2v) is 9.09. The number of amides is 1. The molecule has 1 heterocycles. The van der Waals surface area contributed by atoms with Crippen LogP contribution < -0.4 is 4.72 Å². The minimum atomic E-state index is -3.78. The molecule has 1 N–H and O–H groups in total. The van der Waals surface area contributed by atoms with Gasteiger partial charge in [-0.25, -0.2) is 8.42 Å². The van der Waals surface area contributed by atoms with Crippen molar-refractivity contribution in [1.82, 2.24) is 4.90 Å². The first-order chi connectivity index (χ1) is 13.4. The summed E-state index contributed by atoms with van der Waals surface area (Å²) in [6.45, 7) is 2.97. The lowest BCUT2D eigenvalue weighted by atomic mass is 10.1. The Labute approximate surface area is 165 Å². The van der Waals surface area contributed by atoms with Crippen molar-refractivity contribution in [2.75, 3.05) is 17.9 Å². The number of anilines is 1. The molecule has 1 saturated carbocycles. The molecule has 1 aliphatic heterocycles. The van der Waals surface area contributed by atoms with Gasteiger partial charge < -0.3 is 9.64 Å². The van der Waals surface area contributed by atoms with Crippen LogP contribution in [0.2, 0.25) is 0 Å². The summed E-state index contributed by atoms with van der Waals surface area (Å²) in [6, 6.07) is 13.5. The second-order valence-electron chi connectivity index (χ2n) is 7.41. The summed E-state index contributed by atoms with van der Waals surface area (Å²) in [4.78, 5) is 15.0. The summed E-state index contributed by atoms with van der Waals surface area (Å²) in [7, 11) is -3.78. The van der Waals surface area contributed by atoms with Crippen molar-refractivity contribution >= 4 is 21.6 Å². The van der Waals surface area contributed by atoms with E-state index in [2.05, 4.69) is 4.72 Å². The number of nitrogens with zero attached hydrogens (tertiary/aromatic N) is 1. The van der Waals surface area contributed by atoms with Gasteiger partial charge in [0.2, 0.25) is 0 Å². The van der Waals surface area contributed by atoms with Crippen LogP contribution in [0.3, 0.4) is 0 Å². The summed E-state index contributed by atoms with van der Waals surface area (Å²) in [6.07, 6.45) is 3.06. The minimum Gasteiger partial charge on any atom is -0.374 e. The number of carbonyl (C=O) groups is 1. The number of ether oxygens (including phenoxy) is 1. The molecule has 2 aromatic carbocycles. The standard InChI is InChI=1S/C21H24N2O4S/c1-15-5-2-7-17(13-15)22-28(25,26)18-8-3-6-16(14-18)21(24)23-11-12-27-20-10-4-9-19(20)23/h2-3,5-8,13-14,19-20,22H,4,9-12H2,1H3/t19-,20-/m1/s1. The zero-order valence-corrected chi connectivity index (χ0v) is 16.6. The van der Waals surface area contributed by atoms with Crippen molar-refractivity contribution in [3.05, 3.63) is 59.7 Å². The molecule has 1 aliphatic carbocycles. The number of aryl methyl sites for hydroxylation is 1. The molecule has 0 radical (unpaired) electrons. The van der Waals surface area contributed by atoms with E-state index in [4.69, 9.17) is 4.74 Å². The Morgan fingerprint density at radius 3 is 2.79 bits per heavy atom. The molecular formula is C21H24N2O4S. The highest BCUT2D eigenvalue weighted by atomic mass is 32.2. The van der Waals surface area contributed by atoms with Crippen LogP contribution in [-0.4, -0.2) is 44.5 Å². The summed E-state index contributed by atoms with van der Waals surface area (Å²) in [5.74, 6) is -0.132. The van der Waals surface area contributed by atoms with Gasteiger partial charge in [-0.15, -0.1) is 0 Å². The molecule has 28 heavy (non-hydrogen) atoms. The molecule has 0 unspecified atom stereocenters. The van der Waals surface area contributed by atoms with E-state index in [1.807, 2.05) is 17.9 Å². The average Bonchev–Trinajstić information content (AvgIpc) is 3.16. The molecule has 1 saturated heterocycles. The van der Waals surface area contributed by atoms with E-state index in [1.165, 1.54) is 12.1 Å². The Bertz CT molecular complexity index is 989. The number of hydrogen-bond donors (Lipinski definition) is 1. The van der Waals surface area contributed by atoms with Crippen molar-refractivity contribution in [1.29, 1.82) is 0 Å². The van der Waals surface area contributed by atoms with Crippen LogP contribution in [0.15, 0.2) is 53.4 Å². The lowest BCUT2D eigenvalue weighted by Gasteiger charge is -2.37. The van der Waals surface area contributed by atoms with Crippen LogP contribution in [0.1, 0.15) is 35.2 Å². The van der Waals surface area contributed by atoms with E-state index in [-0.39, 0.29) is 22.9 Å². The average molecular weight is 401 g/mol. The molecule has 7 heteroatoms. The van der Waals surface area contributed by atoms with Crippen LogP contribution in [0.25, 0.3) is 0 Å². The Kier molecular flexibility index (Phi) is 5.12.